The highest BCUT2D eigenvalue weighted by Gasteiger charge is 2.35. The van der Waals surface area contributed by atoms with E-state index >= 15 is 0 Å². The van der Waals surface area contributed by atoms with Crippen molar-refractivity contribution in [3.8, 4) is 0 Å². The molecule has 150 valence electrons. The minimum atomic E-state index is -0.318. The summed E-state index contributed by atoms with van der Waals surface area (Å²) in [6.07, 6.45) is -0.194. The number of nitrogens with one attached hydrogen (secondary N) is 1. The summed E-state index contributed by atoms with van der Waals surface area (Å²) in [4.78, 5) is 19.9. The molecule has 1 aliphatic heterocycles. The van der Waals surface area contributed by atoms with Gasteiger partial charge in [0.2, 0.25) is 5.95 Å². The number of ether oxygens (including phenoxy) is 1. The number of aromatic nitrogens is 2. The minimum Gasteiger partial charge on any atom is -0.459 e. The van der Waals surface area contributed by atoms with Gasteiger partial charge in [0.1, 0.15) is 0 Å². The van der Waals surface area contributed by atoms with E-state index in [1.54, 1.807) is 0 Å². The number of fused-ring (bicyclic) bond motifs is 3. The fourth-order valence-corrected chi connectivity index (χ4v) is 3.78. The number of para-hydroxylation sites is 2. The molecule has 6 nitrogen and oxygen atoms in total. The fraction of sp³-hybridized carbons (Fsp3) is 0.304. The van der Waals surface area contributed by atoms with Crippen LogP contribution in [0.5, 0.6) is 0 Å². The third-order valence-corrected chi connectivity index (χ3v) is 5.12. The van der Waals surface area contributed by atoms with Crippen molar-refractivity contribution < 1.29 is 9.53 Å². The molecular weight excluding hydrogens is 364 g/mol. The molecule has 1 aliphatic rings. The molecule has 0 radical (unpaired) electrons. The molecule has 0 spiro atoms. The van der Waals surface area contributed by atoms with Gasteiger partial charge in [-0.15, -0.1) is 0 Å². The first-order chi connectivity index (χ1) is 13.9. The summed E-state index contributed by atoms with van der Waals surface area (Å²) in [6.45, 7) is 5.63. The fourth-order valence-electron chi connectivity index (χ4n) is 3.78. The highest BCUT2D eigenvalue weighted by Crippen LogP contribution is 2.40. The van der Waals surface area contributed by atoms with Gasteiger partial charge in [0.25, 0.3) is 0 Å². The lowest BCUT2D eigenvalue weighted by molar-refractivity contribution is -0.143. The number of rotatable bonds is 4. The topological polar surface area (TPSA) is 59.4 Å². The van der Waals surface area contributed by atoms with Crippen molar-refractivity contribution in [3.63, 3.8) is 0 Å². The molecular formula is C23H26N4O2. The van der Waals surface area contributed by atoms with E-state index in [0.29, 0.717) is 5.57 Å². The first kappa shape index (κ1) is 19.1. The molecule has 29 heavy (non-hydrogen) atoms. The van der Waals surface area contributed by atoms with Crippen LogP contribution in [0.3, 0.4) is 0 Å². The summed E-state index contributed by atoms with van der Waals surface area (Å²) in [5.74, 6) is 0.418. The smallest absolute Gasteiger partial charge is 0.338 e. The number of benzene rings is 2. The van der Waals surface area contributed by atoms with Crippen molar-refractivity contribution in [3.05, 3.63) is 65.4 Å². The SMILES string of the molecule is CC1=C(C(=O)OC(C)C)C(c2ccc(N(C)C)cc2)n2c(nc3ccccc32)N1. The van der Waals surface area contributed by atoms with Gasteiger partial charge in [0.05, 0.1) is 28.8 Å². The standard InChI is InChI=1S/C23H26N4O2/c1-14(2)29-22(28)20-15(3)24-23-25-18-8-6-7-9-19(18)27(23)21(20)16-10-12-17(13-11-16)26(4)5/h6-14,21H,1-5H3,(H,24,25). The maximum Gasteiger partial charge on any atom is 0.338 e. The Kier molecular flexibility index (Phi) is 4.78. The quantitative estimate of drug-likeness (QED) is 0.672. The van der Waals surface area contributed by atoms with E-state index in [4.69, 9.17) is 9.72 Å². The highest BCUT2D eigenvalue weighted by molar-refractivity contribution is 5.94. The van der Waals surface area contributed by atoms with Crippen molar-refractivity contribution in [2.24, 2.45) is 0 Å². The molecule has 0 aliphatic carbocycles. The summed E-state index contributed by atoms with van der Waals surface area (Å²) in [6, 6.07) is 15.9. The second-order valence-electron chi connectivity index (χ2n) is 7.80. The van der Waals surface area contributed by atoms with Gasteiger partial charge in [-0.1, -0.05) is 24.3 Å². The van der Waals surface area contributed by atoms with Gasteiger partial charge in [-0.05, 0) is 50.6 Å². The van der Waals surface area contributed by atoms with E-state index in [-0.39, 0.29) is 18.1 Å². The molecule has 6 heteroatoms. The number of nitrogens with zero attached hydrogens (tertiary/aromatic N) is 3. The second kappa shape index (κ2) is 7.28. The minimum absolute atomic E-state index is 0.194. The third-order valence-electron chi connectivity index (χ3n) is 5.12. The monoisotopic (exact) mass is 390 g/mol. The molecule has 0 saturated carbocycles. The highest BCUT2D eigenvalue weighted by atomic mass is 16.5. The van der Waals surface area contributed by atoms with Crippen LogP contribution in [-0.4, -0.2) is 35.7 Å². The Morgan fingerprint density at radius 3 is 2.48 bits per heavy atom. The van der Waals surface area contributed by atoms with Crippen molar-refractivity contribution >= 4 is 28.6 Å². The maximum absolute atomic E-state index is 13.1. The van der Waals surface area contributed by atoms with E-state index in [2.05, 4.69) is 39.0 Å². The van der Waals surface area contributed by atoms with Gasteiger partial charge in [-0.25, -0.2) is 9.78 Å². The Morgan fingerprint density at radius 1 is 1.14 bits per heavy atom. The molecule has 3 aromatic rings. The average molecular weight is 390 g/mol. The zero-order valence-electron chi connectivity index (χ0n) is 17.4. The number of esters is 1. The van der Waals surface area contributed by atoms with Gasteiger partial charge in [-0.2, -0.15) is 0 Å². The molecule has 0 saturated heterocycles. The number of anilines is 2. The molecule has 1 aromatic heterocycles. The normalized spacial score (nSPS) is 16.0. The number of imidazole rings is 1. The molecule has 2 heterocycles. The predicted octanol–water partition coefficient (Wildman–Crippen LogP) is 4.34. The van der Waals surface area contributed by atoms with Crippen molar-refractivity contribution in [2.75, 3.05) is 24.3 Å². The van der Waals surface area contributed by atoms with Crippen LogP contribution in [0, 0.1) is 0 Å². The maximum atomic E-state index is 13.1. The summed E-state index contributed by atoms with van der Waals surface area (Å²) in [7, 11) is 4.02. The number of carbonyl (C=O) groups excluding carboxylic acids is 1. The number of hydrogen-bond donors (Lipinski definition) is 1. The number of allylic oxidation sites excluding steroid dienone is 1. The van der Waals surface area contributed by atoms with E-state index in [0.717, 1.165) is 33.9 Å². The summed E-state index contributed by atoms with van der Waals surface area (Å²) >= 11 is 0. The van der Waals surface area contributed by atoms with E-state index in [1.165, 1.54) is 0 Å². The number of carbonyl (C=O) groups is 1. The van der Waals surface area contributed by atoms with Gasteiger partial charge in [0, 0.05) is 25.5 Å². The Hall–Kier alpha value is -3.28. The molecule has 1 atom stereocenters. The zero-order chi connectivity index (χ0) is 20.7. The van der Waals surface area contributed by atoms with Crippen LogP contribution in [0.2, 0.25) is 0 Å². The Morgan fingerprint density at radius 2 is 1.83 bits per heavy atom. The molecule has 4 rings (SSSR count). The van der Waals surface area contributed by atoms with Gasteiger partial charge >= 0.3 is 5.97 Å². The van der Waals surface area contributed by atoms with Gasteiger partial charge in [-0.3, -0.25) is 4.57 Å². The molecule has 0 fully saturated rings. The summed E-state index contributed by atoms with van der Waals surface area (Å²) in [5.41, 5.74) is 5.34. The Balaban J connectivity index is 1.92. The molecule has 0 bridgehead atoms. The van der Waals surface area contributed by atoms with Crippen molar-refractivity contribution in [1.82, 2.24) is 9.55 Å². The first-order valence-electron chi connectivity index (χ1n) is 9.80. The molecule has 1 N–H and O–H groups in total. The lowest BCUT2D eigenvalue weighted by Crippen LogP contribution is -2.30. The van der Waals surface area contributed by atoms with Crippen molar-refractivity contribution in [2.45, 2.75) is 32.9 Å². The first-order valence-corrected chi connectivity index (χ1v) is 9.80. The number of hydrogen-bond acceptors (Lipinski definition) is 5. The molecule has 1 unspecified atom stereocenters. The van der Waals surface area contributed by atoms with Crippen LogP contribution in [0.25, 0.3) is 11.0 Å². The van der Waals surface area contributed by atoms with Crippen LogP contribution in [0.15, 0.2) is 59.8 Å². The lowest BCUT2D eigenvalue weighted by atomic mass is 9.94. The summed E-state index contributed by atoms with van der Waals surface area (Å²) in [5, 5.41) is 3.31. The van der Waals surface area contributed by atoms with Crippen molar-refractivity contribution in [1.29, 1.82) is 0 Å². The van der Waals surface area contributed by atoms with Crippen LogP contribution in [0.4, 0.5) is 11.6 Å². The molecule has 2 aromatic carbocycles. The van der Waals surface area contributed by atoms with Crippen LogP contribution in [0.1, 0.15) is 32.4 Å². The average Bonchev–Trinajstić information content (AvgIpc) is 3.04. The Labute approximate surface area is 170 Å². The van der Waals surface area contributed by atoms with E-state index < -0.39 is 0 Å². The van der Waals surface area contributed by atoms with Crippen LogP contribution < -0.4 is 10.2 Å². The molecule has 0 amide bonds. The van der Waals surface area contributed by atoms with Crippen LogP contribution >= 0.6 is 0 Å². The van der Waals surface area contributed by atoms with E-state index in [9.17, 15) is 4.79 Å². The largest absolute Gasteiger partial charge is 0.459 e. The lowest BCUT2D eigenvalue weighted by Gasteiger charge is -2.30. The van der Waals surface area contributed by atoms with Gasteiger partial charge < -0.3 is 15.0 Å². The zero-order valence-corrected chi connectivity index (χ0v) is 17.4. The van der Waals surface area contributed by atoms with Crippen LogP contribution in [-0.2, 0) is 9.53 Å². The predicted molar refractivity (Wildman–Crippen MR) is 116 cm³/mol. The van der Waals surface area contributed by atoms with Gasteiger partial charge in [0.15, 0.2) is 0 Å². The third kappa shape index (κ3) is 3.35. The Bertz CT molecular complexity index is 1090. The van der Waals surface area contributed by atoms with E-state index in [1.807, 2.05) is 59.1 Å². The summed E-state index contributed by atoms with van der Waals surface area (Å²) < 4.78 is 7.69. The second-order valence-corrected chi connectivity index (χ2v) is 7.80.